The highest BCUT2D eigenvalue weighted by Gasteiger charge is 2.30. The summed E-state index contributed by atoms with van der Waals surface area (Å²) in [6.45, 7) is 2.93. The zero-order valence-electron chi connectivity index (χ0n) is 12.9. The number of hydrogen-bond donors (Lipinski definition) is 1. The lowest BCUT2D eigenvalue weighted by atomic mass is 9.92. The van der Waals surface area contributed by atoms with Gasteiger partial charge in [0.25, 0.3) is 0 Å². The third-order valence-corrected chi connectivity index (χ3v) is 6.37. The Balaban J connectivity index is 1.88. The fraction of sp³-hybridized carbons (Fsp3) is 0.438. The van der Waals surface area contributed by atoms with Crippen LogP contribution < -0.4 is 11.4 Å². The van der Waals surface area contributed by atoms with Gasteiger partial charge in [-0.3, -0.25) is 0 Å². The lowest BCUT2D eigenvalue weighted by molar-refractivity contribution is 0.251. The number of sulfonamides is 1. The van der Waals surface area contributed by atoms with Gasteiger partial charge in [0, 0.05) is 30.6 Å². The van der Waals surface area contributed by atoms with Crippen LogP contribution in [-0.4, -0.2) is 31.9 Å². The molecule has 2 aromatic rings. The molecule has 1 aliphatic heterocycles. The highest BCUT2D eigenvalue weighted by Crippen LogP contribution is 2.26. The summed E-state index contributed by atoms with van der Waals surface area (Å²) < 4.78 is 32.1. The molecule has 1 fully saturated rings. The Kier molecular flexibility index (Phi) is 4.27. The Hall–Kier alpha value is -1.70. The van der Waals surface area contributed by atoms with Crippen LogP contribution in [0.5, 0.6) is 0 Å². The van der Waals surface area contributed by atoms with Crippen LogP contribution in [0, 0.1) is 5.92 Å². The van der Waals surface area contributed by atoms with Gasteiger partial charge in [0.1, 0.15) is 5.58 Å². The van der Waals surface area contributed by atoms with Gasteiger partial charge in [0.15, 0.2) is 0 Å². The van der Waals surface area contributed by atoms with E-state index in [-0.39, 0.29) is 10.9 Å². The number of nitrogens with two attached hydrogens (primary N) is 1. The van der Waals surface area contributed by atoms with Crippen molar-refractivity contribution >= 4 is 21.0 Å². The van der Waals surface area contributed by atoms with E-state index in [0.29, 0.717) is 30.0 Å². The minimum absolute atomic E-state index is 0.0865. The quantitative estimate of drug-likeness (QED) is 0.858. The second-order valence-electron chi connectivity index (χ2n) is 6.05. The molecule has 0 bridgehead atoms. The normalized spacial score (nSPS) is 19.0. The molecule has 3 rings (SSSR count). The topological polar surface area (TPSA) is 93.6 Å². The molecule has 2 heterocycles. The number of benzene rings is 1. The average molecular weight is 336 g/mol. The van der Waals surface area contributed by atoms with Crippen LogP contribution >= 0.6 is 0 Å². The predicted molar refractivity (Wildman–Crippen MR) is 87.6 cm³/mol. The maximum atomic E-state index is 12.8. The van der Waals surface area contributed by atoms with E-state index < -0.39 is 15.6 Å². The van der Waals surface area contributed by atoms with Gasteiger partial charge >= 0.3 is 5.63 Å². The molecule has 2 N–H and O–H groups in total. The number of fused-ring (bicyclic) bond motifs is 1. The Morgan fingerprint density at radius 3 is 2.57 bits per heavy atom. The van der Waals surface area contributed by atoms with Crippen LogP contribution in [-0.2, 0) is 10.0 Å². The molecule has 0 radical (unpaired) electrons. The van der Waals surface area contributed by atoms with E-state index in [9.17, 15) is 13.2 Å². The van der Waals surface area contributed by atoms with E-state index >= 15 is 0 Å². The monoisotopic (exact) mass is 336 g/mol. The van der Waals surface area contributed by atoms with Crippen LogP contribution in [0.4, 0.5) is 0 Å². The number of rotatable bonds is 3. The summed E-state index contributed by atoms with van der Waals surface area (Å²) in [5, 5.41) is 0.594. The van der Waals surface area contributed by atoms with Crippen molar-refractivity contribution < 1.29 is 12.8 Å². The van der Waals surface area contributed by atoms with Gasteiger partial charge in [-0.25, -0.2) is 13.2 Å². The minimum Gasteiger partial charge on any atom is -0.423 e. The molecule has 1 saturated heterocycles. The summed E-state index contributed by atoms with van der Waals surface area (Å²) in [7, 11) is -3.54. The average Bonchev–Trinajstić information content (AvgIpc) is 2.54. The third-order valence-electron chi connectivity index (χ3n) is 4.47. The smallest absolute Gasteiger partial charge is 0.336 e. The molecule has 6 nitrogen and oxygen atoms in total. The standard InChI is InChI=1S/C16H20N2O4S/c1-11(17)12-6-8-18(9-7-12)23(20,21)14-3-4-15-13(10-14)2-5-16(19)22-15/h2-5,10-12H,6-9,17H2,1H3. The number of nitrogens with zero attached hydrogens (tertiary/aromatic N) is 1. The van der Waals surface area contributed by atoms with E-state index in [4.69, 9.17) is 10.2 Å². The molecular weight excluding hydrogens is 316 g/mol. The summed E-state index contributed by atoms with van der Waals surface area (Å²) >= 11 is 0. The van der Waals surface area contributed by atoms with Gasteiger partial charge < -0.3 is 10.2 Å². The molecule has 1 unspecified atom stereocenters. The van der Waals surface area contributed by atoms with Crippen molar-refractivity contribution in [1.29, 1.82) is 0 Å². The van der Waals surface area contributed by atoms with Crippen molar-refractivity contribution in [2.45, 2.75) is 30.7 Å². The Labute approximate surface area is 134 Å². The molecule has 1 aliphatic rings. The zero-order valence-corrected chi connectivity index (χ0v) is 13.8. The summed E-state index contributed by atoms with van der Waals surface area (Å²) in [6, 6.07) is 7.50. The van der Waals surface area contributed by atoms with Gasteiger partial charge in [-0.1, -0.05) is 0 Å². The molecular formula is C16H20N2O4S. The van der Waals surface area contributed by atoms with Crippen LogP contribution in [0.1, 0.15) is 19.8 Å². The number of piperidine rings is 1. The van der Waals surface area contributed by atoms with Crippen molar-refractivity contribution in [1.82, 2.24) is 4.31 Å². The molecule has 1 atom stereocenters. The maximum absolute atomic E-state index is 12.8. The van der Waals surface area contributed by atoms with E-state index in [1.807, 2.05) is 6.92 Å². The van der Waals surface area contributed by atoms with Crippen molar-refractivity contribution in [2.24, 2.45) is 11.7 Å². The molecule has 1 aromatic heterocycles. The first-order valence-corrected chi connectivity index (χ1v) is 9.11. The lowest BCUT2D eigenvalue weighted by Gasteiger charge is -2.32. The van der Waals surface area contributed by atoms with Crippen LogP contribution in [0.15, 0.2) is 44.4 Å². The molecule has 0 spiro atoms. The zero-order chi connectivity index (χ0) is 16.6. The molecule has 0 saturated carbocycles. The molecule has 124 valence electrons. The first-order valence-electron chi connectivity index (χ1n) is 7.67. The second kappa shape index (κ2) is 6.07. The molecule has 7 heteroatoms. The van der Waals surface area contributed by atoms with Crippen LogP contribution in [0.25, 0.3) is 11.0 Å². The predicted octanol–water partition coefficient (Wildman–Crippen LogP) is 1.54. The summed E-state index contributed by atoms with van der Waals surface area (Å²) in [5.41, 5.74) is 5.83. The van der Waals surface area contributed by atoms with Gasteiger partial charge in [-0.05, 0) is 49.9 Å². The van der Waals surface area contributed by atoms with E-state index in [1.54, 1.807) is 12.1 Å². The third kappa shape index (κ3) is 3.17. The first-order chi connectivity index (χ1) is 10.9. The fourth-order valence-corrected chi connectivity index (χ4v) is 4.51. The van der Waals surface area contributed by atoms with Crippen LogP contribution in [0.2, 0.25) is 0 Å². The van der Waals surface area contributed by atoms with Gasteiger partial charge in [0.2, 0.25) is 10.0 Å². The lowest BCUT2D eigenvalue weighted by Crippen LogP contribution is -2.42. The molecule has 0 amide bonds. The van der Waals surface area contributed by atoms with E-state index in [2.05, 4.69) is 0 Å². The number of hydrogen-bond acceptors (Lipinski definition) is 5. The van der Waals surface area contributed by atoms with E-state index in [1.165, 1.54) is 22.5 Å². The maximum Gasteiger partial charge on any atom is 0.336 e. The fourth-order valence-electron chi connectivity index (χ4n) is 3.00. The highest BCUT2D eigenvalue weighted by molar-refractivity contribution is 7.89. The van der Waals surface area contributed by atoms with E-state index in [0.717, 1.165) is 12.8 Å². The largest absolute Gasteiger partial charge is 0.423 e. The van der Waals surface area contributed by atoms with Gasteiger partial charge in [-0.15, -0.1) is 0 Å². The van der Waals surface area contributed by atoms with Gasteiger partial charge in [-0.2, -0.15) is 4.31 Å². The summed E-state index contributed by atoms with van der Waals surface area (Å²) in [5.74, 6) is 0.368. The molecule has 1 aromatic carbocycles. The minimum atomic E-state index is -3.54. The Morgan fingerprint density at radius 2 is 1.91 bits per heavy atom. The first kappa shape index (κ1) is 16.2. The second-order valence-corrected chi connectivity index (χ2v) is 7.99. The molecule has 23 heavy (non-hydrogen) atoms. The van der Waals surface area contributed by atoms with Crippen LogP contribution in [0.3, 0.4) is 0 Å². The summed E-state index contributed by atoms with van der Waals surface area (Å²) in [6.07, 6.45) is 1.55. The van der Waals surface area contributed by atoms with Crippen molar-refractivity contribution in [3.63, 3.8) is 0 Å². The van der Waals surface area contributed by atoms with Gasteiger partial charge in [0.05, 0.1) is 4.90 Å². The molecule has 0 aliphatic carbocycles. The SMILES string of the molecule is CC(N)C1CCN(S(=O)(=O)c2ccc3oc(=O)ccc3c2)CC1. The Bertz CT molecular complexity index is 865. The highest BCUT2D eigenvalue weighted by atomic mass is 32.2. The summed E-state index contributed by atoms with van der Waals surface area (Å²) in [4.78, 5) is 11.4. The van der Waals surface area contributed by atoms with Crippen molar-refractivity contribution in [2.75, 3.05) is 13.1 Å². The Morgan fingerprint density at radius 1 is 1.22 bits per heavy atom. The van der Waals surface area contributed by atoms with Crippen molar-refractivity contribution in [3.05, 3.63) is 40.8 Å². The van der Waals surface area contributed by atoms with Crippen molar-refractivity contribution in [3.8, 4) is 0 Å².